The molecule has 0 spiro atoms. The van der Waals surface area contributed by atoms with Crippen LogP contribution in [0, 0.1) is 6.92 Å². The second-order valence-electron chi connectivity index (χ2n) is 4.97. The van der Waals surface area contributed by atoms with Crippen molar-refractivity contribution in [2.24, 2.45) is 0 Å². The SMILES string of the molecule is Cc1c(Cl)nc(C2CC2)nc1NC1CNC(=O)C1. The number of nitrogens with one attached hydrogen (secondary N) is 2. The predicted molar refractivity (Wildman–Crippen MR) is 68.8 cm³/mol. The van der Waals surface area contributed by atoms with Crippen molar-refractivity contribution < 1.29 is 4.79 Å². The number of aromatic nitrogens is 2. The van der Waals surface area contributed by atoms with Gasteiger partial charge in [-0.25, -0.2) is 9.97 Å². The zero-order valence-electron chi connectivity index (χ0n) is 10.2. The molecule has 0 bridgehead atoms. The average Bonchev–Trinajstić information content (AvgIpc) is 3.10. The minimum atomic E-state index is 0.0766. The Balaban J connectivity index is 1.83. The van der Waals surface area contributed by atoms with E-state index in [1.54, 1.807) is 0 Å². The Bertz CT molecular complexity index is 501. The second kappa shape index (κ2) is 4.39. The van der Waals surface area contributed by atoms with Crippen LogP contribution in [0.25, 0.3) is 0 Å². The van der Waals surface area contributed by atoms with Gasteiger partial charge in [0.2, 0.25) is 5.91 Å². The van der Waals surface area contributed by atoms with Gasteiger partial charge in [0.1, 0.15) is 16.8 Å². The summed E-state index contributed by atoms with van der Waals surface area (Å²) in [6, 6.07) is 0.0919. The number of rotatable bonds is 3. The van der Waals surface area contributed by atoms with Gasteiger partial charge in [-0.05, 0) is 19.8 Å². The molecule has 2 aliphatic rings. The van der Waals surface area contributed by atoms with Crippen molar-refractivity contribution in [3.63, 3.8) is 0 Å². The van der Waals surface area contributed by atoms with E-state index in [0.29, 0.717) is 24.0 Å². The standard InChI is InChI=1S/C12H15ClN4O/c1-6-10(13)16-12(7-2-3-7)17-11(6)15-8-4-9(18)14-5-8/h7-8H,2-5H2,1H3,(H,14,18)(H,15,16,17). The van der Waals surface area contributed by atoms with Crippen molar-refractivity contribution in [1.29, 1.82) is 0 Å². The normalized spacial score (nSPS) is 23.0. The van der Waals surface area contributed by atoms with Crippen LogP contribution in [0.5, 0.6) is 0 Å². The maximum absolute atomic E-state index is 11.2. The first-order valence-corrected chi connectivity index (χ1v) is 6.58. The van der Waals surface area contributed by atoms with Gasteiger partial charge in [-0.1, -0.05) is 11.6 Å². The molecule has 2 N–H and O–H groups in total. The van der Waals surface area contributed by atoms with Crippen LogP contribution in [0.4, 0.5) is 5.82 Å². The van der Waals surface area contributed by atoms with Crippen LogP contribution in [0.2, 0.25) is 5.15 Å². The molecule has 0 aromatic carbocycles. The zero-order valence-corrected chi connectivity index (χ0v) is 10.9. The molecule has 1 atom stereocenters. The molecule has 1 unspecified atom stereocenters. The summed E-state index contributed by atoms with van der Waals surface area (Å²) in [7, 11) is 0. The Morgan fingerprint density at radius 1 is 1.39 bits per heavy atom. The lowest BCUT2D eigenvalue weighted by molar-refractivity contribution is -0.119. The summed E-state index contributed by atoms with van der Waals surface area (Å²) in [5.74, 6) is 2.13. The molecule has 1 aromatic heterocycles. The van der Waals surface area contributed by atoms with Gasteiger partial charge in [0.05, 0.1) is 6.04 Å². The van der Waals surface area contributed by atoms with E-state index < -0.39 is 0 Å². The average molecular weight is 267 g/mol. The van der Waals surface area contributed by atoms with Crippen molar-refractivity contribution in [3.8, 4) is 0 Å². The van der Waals surface area contributed by atoms with Gasteiger partial charge < -0.3 is 10.6 Å². The molecule has 6 heteroatoms. The molecule has 1 amide bonds. The fraction of sp³-hybridized carbons (Fsp3) is 0.583. The number of carbonyl (C=O) groups is 1. The molecule has 1 aromatic rings. The highest BCUT2D eigenvalue weighted by molar-refractivity contribution is 6.30. The molecule has 2 fully saturated rings. The highest BCUT2D eigenvalue weighted by atomic mass is 35.5. The van der Waals surface area contributed by atoms with Crippen molar-refractivity contribution in [3.05, 3.63) is 16.5 Å². The van der Waals surface area contributed by atoms with Crippen LogP contribution in [-0.2, 0) is 4.79 Å². The lowest BCUT2D eigenvalue weighted by atomic mass is 10.2. The van der Waals surface area contributed by atoms with Gasteiger partial charge in [0, 0.05) is 24.4 Å². The summed E-state index contributed by atoms with van der Waals surface area (Å²) in [6.45, 7) is 2.53. The first-order chi connectivity index (χ1) is 8.63. The van der Waals surface area contributed by atoms with E-state index >= 15 is 0 Å². The summed E-state index contributed by atoms with van der Waals surface area (Å²) >= 11 is 6.13. The van der Waals surface area contributed by atoms with Crippen LogP contribution >= 0.6 is 11.6 Å². The Morgan fingerprint density at radius 2 is 2.17 bits per heavy atom. The van der Waals surface area contributed by atoms with E-state index in [1.165, 1.54) is 0 Å². The van der Waals surface area contributed by atoms with Gasteiger partial charge in [-0.15, -0.1) is 0 Å². The van der Waals surface area contributed by atoms with Gasteiger partial charge >= 0.3 is 0 Å². The third-order valence-electron chi connectivity index (χ3n) is 3.36. The van der Waals surface area contributed by atoms with E-state index in [9.17, 15) is 4.79 Å². The number of halogens is 1. The molecule has 1 saturated heterocycles. The quantitative estimate of drug-likeness (QED) is 0.816. The second-order valence-corrected chi connectivity index (χ2v) is 5.33. The number of hydrogen-bond donors (Lipinski definition) is 2. The van der Waals surface area contributed by atoms with Crippen molar-refractivity contribution in [2.45, 2.75) is 38.1 Å². The van der Waals surface area contributed by atoms with E-state index in [-0.39, 0.29) is 11.9 Å². The van der Waals surface area contributed by atoms with Crippen LogP contribution in [0.1, 0.15) is 36.6 Å². The molecule has 0 radical (unpaired) electrons. The van der Waals surface area contributed by atoms with Crippen LogP contribution < -0.4 is 10.6 Å². The first kappa shape index (κ1) is 11.7. The number of nitrogens with zero attached hydrogens (tertiary/aromatic N) is 2. The summed E-state index contributed by atoms with van der Waals surface area (Å²) in [6.07, 6.45) is 2.77. The number of anilines is 1. The summed E-state index contributed by atoms with van der Waals surface area (Å²) in [5.41, 5.74) is 0.848. The summed E-state index contributed by atoms with van der Waals surface area (Å²) in [4.78, 5) is 20.0. The van der Waals surface area contributed by atoms with E-state index in [2.05, 4.69) is 20.6 Å². The van der Waals surface area contributed by atoms with Crippen LogP contribution in [0.15, 0.2) is 0 Å². The zero-order chi connectivity index (χ0) is 12.7. The molecule has 1 aliphatic heterocycles. The Labute approximate surface area is 110 Å². The Kier molecular flexibility index (Phi) is 2.86. The molecule has 2 heterocycles. The van der Waals surface area contributed by atoms with Crippen molar-refractivity contribution in [2.75, 3.05) is 11.9 Å². The number of amides is 1. The fourth-order valence-corrected chi connectivity index (χ4v) is 2.25. The minimum absolute atomic E-state index is 0.0766. The molecule has 18 heavy (non-hydrogen) atoms. The monoisotopic (exact) mass is 266 g/mol. The van der Waals surface area contributed by atoms with Gasteiger partial charge in [0.15, 0.2) is 0 Å². The summed E-state index contributed by atoms with van der Waals surface area (Å²) in [5, 5.41) is 6.59. The van der Waals surface area contributed by atoms with Crippen LogP contribution in [0.3, 0.4) is 0 Å². The lowest BCUT2D eigenvalue weighted by Crippen LogP contribution is -2.23. The van der Waals surface area contributed by atoms with E-state index in [0.717, 1.165) is 30.0 Å². The van der Waals surface area contributed by atoms with Gasteiger partial charge in [0.25, 0.3) is 0 Å². The van der Waals surface area contributed by atoms with Crippen molar-refractivity contribution >= 4 is 23.3 Å². The third kappa shape index (κ3) is 2.27. The molecule has 1 aliphatic carbocycles. The maximum Gasteiger partial charge on any atom is 0.222 e. The third-order valence-corrected chi connectivity index (χ3v) is 3.73. The predicted octanol–water partition coefficient (Wildman–Crippen LogP) is 1.62. The number of carbonyl (C=O) groups excluding carboxylic acids is 1. The van der Waals surface area contributed by atoms with Crippen molar-refractivity contribution in [1.82, 2.24) is 15.3 Å². The Morgan fingerprint density at radius 3 is 2.78 bits per heavy atom. The number of hydrogen-bond acceptors (Lipinski definition) is 4. The largest absolute Gasteiger partial charge is 0.365 e. The lowest BCUT2D eigenvalue weighted by Gasteiger charge is -2.15. The molecular weight excluding hydrogens is 252 g/mol. The molecule has 5 nitrogen and oxygen atoms in total. The smallest absolute Gasteiger partial charge is 0.222 e. The Hall–Kier alpha value is -1.36. The summed E-state index contributed by atoms with van der Waals surface area (Å²) < 4.78 is 0. The topological polar surface area (TPSA) is 66.9 Å². The van der Waals surface area contributed by atoms with E-state index in [4.69, 9.17) is 11.6 Å². The minimum Gasteiger partial charge on any atom is -0.365 e. The highest BCUT2D eigenvalue weighted by Crippen LogP contribution is 2.39. The first-order valence-electron chi connectivity index (χ1n) is 6.20. The molecular formula is C12H15ClN4O. The highest BCUT2D eigenvalue weighted by Gasteiger charge is 2.29. The molecule has 1 saturated carbocycles. The van der Waals surface area contributed by atoms with Gasteiger partial charge in [-0.3, -0.25) is 4.79 Å². The maximum atomic E-state index is 11.2. The molecule has 96 valence electrons. The van der Waals surface area contributed by atoms with Gasteiger partial charge in [-0.2, -0.15) is 0 Å². The van der Waals surface area contributed by atoms with E-state index in [1.807, 2.05) is 6.92 Å². The molecule has 3 rings (SSSR count). The van der Waals surface area contributed by atoms with Crippen LogP contribution in [-0.4, -0.2) is 28.5 Å². The fourth-order valence-electron chi connectivity index (χ4n) is 2.07.